The average molecular weight is 672 g/mol. The highest BCUT2D eigenvalue weighted by atomic mass is 32.2. The van der Waals surface area contributed by atoms with E-state index in [2.05, 4.69) is 38.6 Å². The second kappa shape index (κ2) is 14.2. The maximum atomic E-state index is 13.9. The first-order chi connectivity index (χ1) is 22.7. The summed E-state index contributed by atoms with van der Waals surface area (Å²) in [6.07, 6.45) is 4.09. The SMILES string of the molecule is Cc1cc(C)c(C(=O)N2CCN(c3ncccc3[S@@](C)(=O)=NC(=O)OC(C)(C)C)CC2)cc1NC1CCN(c2ccc(C#N)cc2)CC1. The molecule has 1 atom stereocenters. The quantitative estimate of drug-likeness (QED) is 0.335. The van der Waals surface area contributed by atoms with Gasteiger partial charge in [0, 0.05) is 74.7 Å². The van der Waals surface area contributed by atoms with Crippen molar-refractivity contribution in [2.24, 2.45) is 4.36 Å². The van der Waals surface area contributed by atoms with E-state index in [0.717, 1.165) is 48.4 Å². The smallest absolute Gasteiger partial charge is 0.442 e. The molecule has 0 unspecified atom stereocenters. The van der Waals surface area contributed by atoms with Crippen molar-refractivity contribution in [3.8, 4) is 6.07 Å². The van der Waals surface area contributed by atoms with Crippen LogP contribution in [0.25, 0.3) is 0 Å². The number of nitrogens with one attached hydrogen (secondary N) is 1. The van der Waals surface area contributed by atoms with Gasteiger partial charge in [0.2, 0.25) is 0 Å². The third-order valence-corrected chi connectivity index (χ3v) is 10.3. The van der Waals surface area contributed by atoms with Gasteiger partial charge in [-0.1, -0.05) is 6.07 Å². The Morgan fingerprint density at radius 1 is 0.979 bits per heavy atom. The Labute approximate surface area is 284 Å². The summed E-state index contributed by atoms with van der Waals surface area (Å²) in [5.41, 5.74) is 4.73. The molecule has 2 amide bonds. The van der Waals surface area contributed by atoms with Crippen molar-refractivity contribution in [2.45, 2.75) is 64.0 Å². The Bertz CT molecular complexity index is 1820. The van der Waals surface area contributed by atoms with Gasteiger partial charge in [-0.2, -0.15) is 5.26 Å². The fourth-order valence-corrected chi connectivity index (χ4v) is 7.44. The van der Waals surface area contributed by atoms with Crippen LogP contribution in [-0.2, 0) is 14.5 Å². The molecule has 12 heteroatoms. The van der Waals surface area contributed by atoms with Gasteiger partial charge >= 0.3 is 6.09 Å². The molecule has 2 aliphatic rings. The molecule has 3 aromatic rings. The second-order valence-corrected chi connectivity index (χ2v) is 15.8. The number of piperazine rings is 1. The Hall–Kier alpha value is -4.63. The number of rotatable bonds is 6. The number of hydrogen-bond donors (Lipinski definition) is 1. The highest BCUT2D eigenvalue weighted by Crippen LogP contribution is 2.29. The van der Waals surface area contributed by atoms with Gasteiger partial charge < -0.3 is 24.8 Å². The molecule has 48 heavy (non-hydrogen) atoms. The van der Waals surface area contributed by atoms with Crippen LogP contribution in [0.15, 0.2) is 64.0 Å². The van der Waals surface area contributed by atoms with Gasteiger partial charge in [-0.05, 0) is 101 Å². The van der Waals surface area contributed by atoms with E-state index >= 15 is 0 Å². The lowest BCUT2D eigenvalue weighted by molar-refractivity contribution is 0.0607. The van der Waals surface area contributed by atoms with Crippen LogP contribution in [0.2, 0.25) is 0 Å². The summed E-state index contributed by atoms with van der Waals surface area (Å²) in [5, 5.41) is 12.8. The van der Waals surface area contributed by atoms with Crippen LogP contribution < -0.4 is 15.1 Å². The fourth-order valence-electron chi connectivity index (χ4n) is 6.17. The third-order valence-electron chi connectivity index (χ3n) is 8.69. The first-order valence-corrected chi connectivity index (χ1v) is 18.2. The van der Waals surface area contributed by atoms with Crippen molar-refractivity contribution < 1.29 is 18.5 Å². The maximum absolute atomic E-state index is 13.9. The summed E-state index contributed by atoms with van der Waals surface area (Å²) in [7, 11) is -3.14. The standard InChI is InChI=1S/C36H45N7O4S/c1-25-22-26(2)31(39-28-13-16-41(17-14-28)29-11-9-27(24-37)10-12-29)23-30(25)34(44)43-20-18-42(19-21-43)33-32(8-7-15-38-33)48(6,46)40-35(45)47-36(3,4)5/h7-12,15,22-23,28,39H,13-14,16-21H2,1-6H3/t48-/m1/s1. The Kier molecular flexibility index (Phi) is 10.3. The molecule has 0 radical (unpaired) electrons. The third kappa shape index (κ3) is 8.26. The van der Waals surface area contributed by atoms with E-state index in [1.807, 2.05) is 47.1 Å². The van der Waals surface area contributed by atoms with Crippen LogP contribution in [0.5, 0.6) is 0 Å². The minimum atomic E-state index is -3.14. The molecule has 2 saturated heterocycles. The predicted octanol–water partition coefficient (Wildman–Crippen LogP) is 6.01. The number of pyridine rings is 1. The van der Waals surface area contributed by atoms with Crippen LogP contribution in [0.3, 0.4) is 0 Å². The fraction of sp³-hybridized carbons (Fsp3) is 0.444. The lowest BCUT2D eigenvalue weighted by Gasteiger charge is -2.36. The minimum absolute atomic E-state index is 0.0220. The van der Waals surface area contributed by atoms with Gasteiger partial charge in [0.25, 0.3) is 5.91 Å². The molecule has 11 nitrogen and oxygen atoms in total. The minimum Gasteiger partial charge on any atom is -0.442 e. The van der Waals surface area contributed by atoms with Crippen molar-refractivity contribution in [3.05, 3.63) is 77.0 Å². The molecular weight excluding hydrogens is 627 g/mol. The number of aryl methyl sites for hydroxylation is 2. The van der Waals surface area contributed by atoms with Crippen LogP contribution in [-0.4, -0.2) is 83.3 Å². The van der Waals surface area contributed by atoms with Crippen molar-refractivity contribution in [3.63, 3.8) is 0 Å². The molecule has 0 spiro atoms. The monoisotopic (exact) mass is 671 g/mol. The zero-order valence-electron chi connectivity index (χ0n) is 28.7. The topological polar surface area (TPSA) is 131 Å². The number of hydrogen-bond acceptors (Lipinski definition) is 9. The molecule has 0 aliphatic carbocycles. The van der Waals surface area contributed by atoms with Crippen LogP contribution >= 0.6 is 0 Å². The number of amides is 2. The van der Waals surface area contributed by atoms with Gasteiger partial charge in [-0.15, -0.1) is 4.36 Å². The number of ether oxygens (including phenoxy) is 1. The van der Waals surface area contributed by atoms with Gasteiger partial charge in [0.1, 0.15) is 11.4 Å². The van der Waals surface area contributed by atoms with Gasteiger partial charge in [-0.3, -0.25) is 4.79 Å². The number of nitrogens with zero attached hydrogens (tertiary/aromatic N) is 6. The summed E-state index contributed by atoms with van der Waals surface area (Å²) in [6.45, 7) is 13.0. The molecule has 2 aliphatic heterocycles. The number of carbonyl (C=O) groups excluding carboxylic acids is 2. The van der Waals surface area contributed by atoms with Crippen molar-refractivity contribution >= 4 is 38.9 Å². The molecular formula is C36H45N7O4S. The van der Waals surface area contributed by atoms with Gasteiger partial charge in [-0.25, -0.2) is 14.0 Å². The largest absolute Gasteiger partial charge is 0.442 e. The summed E-state index contributed by atoms with van der Waals surface area (Å²) in [6, 6.07) is 17.6. The van der Waals surface area contributed by atoms with E-state index < -0.39 is 21.4 Å². The number of nitriles is 1. The molecule has 3 heterocycles. The van der Waals surface area contributed by atoms with Crippen molar-refractivity contribution in [1.29, 1.82) is 5.26 Å². The number of anilines is 3. The van der Waals surface area contributed by atoms with E-state index in [9.17, 15) is 13.8 Å². The molecule has 254 valence electrons. The first kappa shape index (κ1) is 34.7. The molecule has 0 saturated carbocycles. The Morgan fingerprint density at radius 2 is 1.65 bits per heavy atom. The predicted molar refractivity (Wildman–Crippen MR) is 189 cm³/mol. The molecule has 2 aromatic carbocycles. The molecule has 1 N–H and O–H groups in total. The van der Waals surface area contributed by atoms with Crippen LogP contribution in [0.1, 0.15) is 60.7 Å². The number of benzene rings is 2. The zero-order chi connectivity index (χ0) is 34.6. The van der Waals surface area contributed by atoms with Crippen molar-refractivity contribution in [2.75, 3.05) is 60.6 Å². The maximum Gasteiger partial charge on any atom is 0.442 e. The number of aromatic nitrogens is 1. The van der Waals surface area contributed by atoms with E-state index in [-0.39, 0.29) is 11.9 Å². The van der Waals surface area contributed by atoms with E-state index in [0.29, 0.717) is 48.0 Å². The van der Waals surface area contributed by atoms with E-state index in [4.69, 9.17) is 10.00 Å². The number of piperidine rings is 1. The summed E-state index contributed by atoms with van der Waals surface area (Å²) < 4.78 is 22.8. The Balaban J connectivity index is 1.23. The lowest BCUT2D eigenvalue weighted by Crippen LogP contribution is -2.49. The van der Waals surface area contributed by atoms with Gasteiger partial charge in [0.05, 0.1) is 26.3 Å². The highest BCUT2D eigenvalue weighted by Gasteiger charge is 2.28. The molecule has 5 rings (SSSR count). The van der Waals surface area contributed by atoms with E-state index in [1.165, 1.54) is 6.26 Å². The molecule has 0 bridgehead atoms. The molecule has 2 fully saturated rings. The normalized spacial score (nSPS) is 16.9. The Morgan fingerprint density at radius 3 is 2.27 bits per heavy atom. The van der Waals surface area contributed by atoms with E-state index in [1.54, 1.807) is 39.1 Å². The first-order valence-electron chi connectivity index (χ1n) is 16.3. The highest BCUT2D eigenvalue weighted by molar-refractivity contribution is 7.93. The van der Waals surface area contributed by atoms with Crippen molar-refractivity contribution in [1.82, 2.24) is 9.88 Å². The summed E-state index contributed by atoms with van der Waals surface area (Å²) in [5.74, 6) is 0.471. The zero-order valence-corrected chi connectivity index (χ0v) is 29.5. The molecule has 1 aromatic heterocycles. The average Bonchev–Trinajstić information content (AvgIpc) is 3.05. The van der Waals surface area contributed by atoms with Gasteiger partial charge in [0.15, 0.2) is 0 Å². The summed E-state index contributed by atoms with van der Waals surface area (Å²) >= 11 is 0. The number of carbonyl (C=O) groups is 2. The second-order valence-electron chi connectivity index (χ2n) is 13.5. The summed E-state index contributed by atoms with van der Waals surface area (Å²) in [4.78, 5) is 37.3. The lowest BCUT2D eigenvalue weighted by atomic mass is 9.99. The van der Waals surface area contributed by atoms with Crippen LogP contribution in [0, 0.1) is 25.2 Å². The van der Waals surface area contributed by atoms with Crippen LogP contribution in [0.4, 0.5) is 22.0 Å².